The van der Waals surface area contributed by atoms with E-state index < -0.39 is 43.4 Å². The van der Waals surface area contributed by atoms with E-state index in [1.807, 2.05) is 0 Å². The Balaban J connectivity index is 2.15. The Bertz CT molecular complexity index is 1150. The van der Waals surface area contributed by atoms with Crippen molar-refractivity contribution in [1.29, 1.82) is 5.26 Å². The lowest BCUT2D eigenvalue weighted by atomic mass is 9.70. The summed E-state index contributed by atoms with van der Waals surface area (Å²) >= 11 is 3.13. The van der Waals surface area contributed by atoms with Crippen molar-refractivity contribution in [2.75, 3.05) is 4.72 Å². The summed E-state index contributed by atoms with van der Waals surface area (Å²) in [6.45, 7) is 0. The highest BCUT2D eigenvalue weighted by molar-refractivity contribution is 9.10. The van der Waals surface area contributed by atoms with Gasteiger partial charge in [-0.15, -0.1) is 0 Å². The van der Waals surface area contributed by atoms with E-state index in [4.69, 9.17) is 0 Å². The molecule has 1 aliphatic rings. The molecule has 10 heteroatoms. The van der Waals surface area contributed by atoms with Crippen LogP contribution >= 0.6 is 15.9 Å². The Kier molecular flexibility index (Phi) is 5.97. The number of phenolic OH excluding ortho intramolecular Hbond substituents is 1. The zero-order chi connectivity index (χ0) is 22.1. The highest BCUT2D eigenvalue weighted by Gasteiger charge is 2.36. The molecule has 2 aromatic carbocycles. The zero-order valence-electron chi connectivity index (χ0n) is 15.7. The molecular weight excluding hydrogens is 476 g/mol. The van der Waals surface area contributed by atoms with Crippen molar-refractivity contribution >= 4 is 37.6 Å². The summed E-state index contributed by atoms with van der Waals surface area (Å²) in [6, 6.07) is 8.59. The number of anilines is 1. The topological polar surface area (TPSA) is 148 Å². The van der Waals surface area contributed by atoms with E-state index in [0.29, 0.717) is 22.9 Å². The molecule has 158 valence electrons. The van der Waals surface area contributed by atoms with Gasteiger partial charge in [-0.05, 0) is 48.7 Å². The summed E-state index contributed by atoms with van der Waals surface area (Å²) in [7, 11) is -4.37. The molecule has 1 aliphatic carbocycles. The van der Waals surface area contributed by atoms with Crippen LogP contribution in [-0.2, 0) is 15.4 Å². The van der Waals surface area contributed by atoms with Crippen LogP contribution in [0.25, 0.3) is 0 Å². The molecule has 0 atom stereocenters. The number of carboxylic acids is 1. The number of nitrogens with one attached hydrogen (secondary N) is 1. The monoisotopic (exact) mass is 494 g/mol. The molecule has 0 radical (unpaired) electrons. The number of hydrogen-bond acceptors (Lipinski definition) is 6. The summed E-state index contributed by atoms with van der Waals surface area (Å²) in [6.07, 6.45) is 3.53. The lowest BCUT2D eigenvalue weighted by molar-refractivity contribution is 0.0693. The van der Waals surface area contributed by atoms with E-state index in [-0.39, 0.29) is 5.69 Å². The molecule has 0 saturated heterocycles. The minimum absolute atomic E-state index is 0.330. The molecule has 0 aromatic heterocycles. The van der Waals surface area contributed by atoms with Crippen LogP contribution in [0.15, 0.2) is 39.7 Å². The molecule has 1 fully saturated rings. The van der Waals surface area contributed by atoms with Gasteiger partial charge in [0.15, 0.2) is 5.75 Å². The number of nitriles is 1. The van der Waals surface area contributed by atoms with Gasteiger partial charge in [-0.1, -0.05) is 35.2 Å². The van der Waals surface area contributed by atoms with Crippen LogP contribution in [0.5, 0.6) is 11.5 Å². The van der Waals surface area contributed by atoms with Crippen LogP contribution in [0.3, 0.4) is 0 Å². The normalized spacial score (nSPS) is 15.9. The van der Waals surface area contributed by atoms with Crippen LogP contribution in [0, 0.1) is 11.3 Å². The second kappa shape index (κ2) is 8.16. The van der Waals surface area contributed by atoms with Crippen LogP contribution < -0.4 is 4.72 Å². The van der Waals surface area contributed by atoms with Gasteiger partial charge in [0.2, 0.25) is 0 Å². The maximum Gasteiger partial charge on any atom is 0.339 e. The van der Waals surface area contributed by atoms with Gasteiger partial charge in [-0.25, -0.2) is 13.2 Å². The Morgan fingerprint density at radius 2 is 1.80 bits per heavy atom. The SMILES string of the molecule is N#CC1(c2cc(NS(=O)(=O)c3cc(Br)ccc3O)c(O)c(C(=O)O)c2)CCCCC1. The first-order valence-electron chi connectivity index (χ1n) is 9.13. The van der Waals surface area contributed by atoms with Gasteiger partial charge in [-0.2, -0.15) is 5.26 Å². The van der Waals surface area contributed by atoms with Crippen molar-refractivity contribution < 1.29 is 28.5 Å². The quantitative estimate of drug-likeness (QED) is 0.457. The van der Waals surface area contributed by atoms with E-state index in [2.05, 4.69) is 26.7 Å². The van der Waals surface area contributed by atoms with Gasteiger partial charge >= 0.3 is 5.97 Å². The standard InChI is InChI=1S/C20H19BrN2O6S/c21-13-4-5-16(24)17(10-13)30(28,29)23-15-9-12(8-14(18(15)25)19(26)27)20(11-22)6-2-1-3-7-20/h4-5,8-10,23-25H,1-3,6-7H2,(H,26,27). The van der Waals surface area contributed by atoms with Gasteiger partial charge in [0.1, 0.15) is 16.2 Å². The van der Waals surface area contributed by atoms with Crippen LogP contribution in [-0.4, -0.2) is 29.7 Å². The van der Waals surface area contributed by atoms with Gasteiger partial charge in [0.25, 0.3) is 10.0 Å². The average Bonchev–Trinajstić information content (AvgIpc) is 2.71. The summed E-state index contributed by atoms with van der Waals surface area (Å²) in [4.78, 5) is 11.2. The van der Waals surface area contributed by atoms with Crippen molar-refractivity contribution in [3.8, 4) is 17.6 Å². The average molecular weight is 495 g/mol. The molecule has 0 bridgehead atoms. The Hall–Kier alpha value is -2.77. The number of sulfonamides is 1. The molecule has 0 amide bonds. The molecular formula is C20H19BrN2O6S. The summed E-state index contributed by atoms with van der Waals surface area (Å²) in [5.41, 5.74) is -1.52. The number of rotatable bonds is 5. The third-order valence-electron chi connectivity index (χ3n) is 5.27. The molecule has 30 heavy (non-hydrogen) atoms. The first kappa shape index (κ1) is 21.9. The maximum atomic E-state index is 12.8. The number of nitrogens with zero attached hydrogens (tertiary/aromatic N) is 1. The molecule has 2 aromatic rings. The number of halogens is 1. The van der Waals surface area contributed by atoms with Crippen molar-refractivity contribution in [3.05, 3.63) is 45.9 Å². The summed E-state index contributed by atoms with van der Waals surface area (Å²) in [5.74, 6) is -2.74. The lowest BCUT2D eigenvalue weighted by Gasteiger charge is -2.31. The van der Waals surface area contributed by atoms with E-state index in [1.165, 1.54) is 30.3 Å². The molecule has 0 aliphatic heterocycles. The number of benzene rings is 2. The molecule has 0 spiro atoms. The molecule has 0 heterocycles. The Labute approximate surface area is 182 Å². The predicted octanol–water partition coefficient (Wildman–Crippen LogP) is 4.08. The number of carboxylic acid groups (broad SMARTS) is 1. The van der Waals surface area contributed by atoms with E-state index in [0.717, 1.165) is 19.3 Å². The maximum absolute atomic E-state index is 12.8. The first-order valence-corrected chi connectivity index (χ1v) is 11.4. The largest absolute Gasteiger partial charge is 0.507 e. The smallest absolute Gasteiger partial charge is 0.339 e. The minimum Gasteiger partial charge on any atom is -0.507 e. The second-order valence-corrected chi connectivity index (χ2v) is 9.76. The zero-order valence-corrected chi connectivity index (χ0v) is 18.1. The first-order chi connectivity index (χ1) is 14.1. The van der Waals surface area contributed by atoms with E-state index in [9.17, 15) is 33.8 Å². The number of phenols is 2. The fraction of sp³-hybridized carbons (Fsp3) is 0.300. The molecule has 1 saturated carbocycles. The molecule has 3 rings (SSSR count). The highest BCUT2D eigenvalue weighted by atomic mass is 79.9. The van der Waals surface area contributed by atoms with Gasteiger partial charge in [-0.3, -0.25) is 4.72 Å². The third kappa shape index (κ3) is 4.08. The van der Waals surface area contributed by atoms with Crippen molar-refractivity contribution in [2.24, 2.45) is 0 Å². The fourth-order valence-corrected chi connectivity index (χ4v) is 5.37. The van der Waals surface area contributed by atoms with Gasteiger partial charge < -0.3 is 15.3 Å². The van der Waals surface area contributed by atoms with E-state index in [1.54, 1.807) is 0 Å². The van der Waals surface area contributed by atoms with Crippen molar-refractivity contribution in [3.63, 3.8) is 0 Å². The number of carbonyl (C=O) groups is 1. The van der Waals surface area contributed by atoms with Crippen LogP contribution in [0.4, 0.5) is 5.69 Å². The Morgan fingerprint density at radius 1 is 1.13 bits per heavy atom. The second-order valence-electron chi connectivity index (χ2n) is 7.20. The van der Waals surface area contributed by atoms with Crippen molar-refractivity contribution in [2.45, 2.75) is 42.4 Å². The van der Waals surface area contributed by atoms with Crippen LogP contribution in [0.1, 0.15) is 48.0 Å². The highest BCUT2D eigenvalue weighted by Crippen LogP contribution is 2.43. The Morgan fingerprint density at radius 3 is 2.40 bits per heavy atom. The minimum atomic E-state index is -4.37. The molecule has 0 unspecified atom stereocenters. The van der Waals surface area contributed by atoms with Crippen molar-refractivity contribution in [1.82, 2.24) is 0 Å². The third-order valence-corrected chi connectivity index (χ3v) is 7.16. The molecule has 8 nitrogen and oxygen atoms in total. The predicted molar refractivity (Wildman–Crippen MR) is 112 cm³/mol. The molecule has 4 N–H and O–H groups in total. The van der Waals surface area contributed by atoms with Crippen LogP contribution in [0.2, 0.25) is 0 Å². The van der Waals surface area contributed by atoms with Gasteiger partial charge in [0.05, 0.1) is 17.2 Å². The van der Waals surface area contributed by atoms with Gasteiger partial charge in [0, 0.05) is 4.47 Å². The number of hydrogen-bond donors (Lipinski definition) is 4. The number of aromatic carboxylic acids is 1. The fourth-order valence-electron chi connectivity index (χ4n) is 3.67. The summed E-state index contributed by atoms with van der Waals surface area (Å²) in [5, 5.41) is 39.7. The number of aromatic hydroxyl groups is 2. The summed E-state index contributed by atoms with van der Waals surface area (Å²) < 4.78 is 28.2. The van der Waals surface area contributed by atoms with E-state index >= 15 is 0 Å². The lowest BCUT2D eigenvalue weighted by Crippen LogP contribution is -2.28.